The van der Waals surface area contributed by atoms with E-state index in [1.54, 1.807) is 0 Å². The Labute approximate surface area is 270 Å². The predicted molar refractivity (Wildman–Crippen MR) is 177 cm³/mol. The van der Waals surface area contributed by atoms with Gasteiger partial charge in [0.1, 0.15) is 28.4 Å². The Hall–Kier alpha value is -3.45. The summed E-state index contributed by atoms with van der Waals surface area (Å²) in [5, 5.41) is 32.5. The van der Waals surface area contributed by atoms with Crippen molar-refractivity contribution in [3.63, 3.8) is 0 Å². The minimum atomic E-state index is -0.992. The third kappa shape index (κ3) is 7.35. The maximum atomic E-state index is 13.1. The number of aromatic nitrogens is 4. The highest BCUT2D eigenvalue weighted by Crippen LogP contribution is 2.42. The second kappa shape index (κ2) is 14.3. The first-order valence-corrected chi connectivity index (χ1v) is 16.5. The summed E-state index contributed by atoms with van der Waals surface area (Å²) in [7, 11) is 0. The van der Waals surface area contributed by atoms with E-state index in [-0.39, 0.29) is 22.8 Å². The molecule has 3 heterocycles. The lowest BCUT2D eigenvalue weighted by Crippen LogP contribution is -2.34. The van der Waals surface area contributed by atoms with Crippen molar-refractivity contribution in [2.45, 2.75) is 43.9 Å². The Kier molecular flexibility index (Phi) is 10.0. The van der Waals surface area contributed by atoms with Crippen LogP contribution >= 0.6 is 22.9 Å². The predicted octanol–water partition coefficient (Wildman–Crippen LogP) is 4.62. The topological polar surface area (TPSA) is 134 Å². The number of anilines is 1. The third-order valence-electron chi connectivity index (χ3n) is 8.43. The molecule has 0 bridgehead atoms. The van der Waals surface area contributed by atoms with Crippen LogP contribution in [0, 0.1) is 11.7 Å². The van der Waals surface area contributed by atoms with Crippen molar-refractivity contribution in [2.75, 3.05) is 31.9 Å². The van der Waals surface area contributed by atoms with Gasteiger partial charge in [0.2, 0.25) is 5.28 Å². The van der Waals surface area contributed by atoms with Gasteiger partial charge in [-0.3, -0.25) is 0 Å². The van der Waals surface area contributed by atoms with Crippen LogP contribution < -0.4 is 16.4 Å². The zero-order valence-electron chi connectivity index (χ0n) is 24.7. The number of aliphatic hydroxyl groups is 2. The van der Waals surface area contributed by atoms with Crippen molar-refractivity contribution in [3.8, 4) is 10.6 Å². The molecule has 0 radical (unpaired) electrons. The fraction of sp³-hybridized carbons (Fsp3) is 0.364. The molecule has 2 aromatic carbocycles. The number of nitrogens with one attached hydrogen (secondary N) is 2. The highest BCUT2D eigenvalue weighted by Gasteiger charge is 2.43. The smallest absolute Gasteiger partial charge is 0.226 e. The highest BCUT2D eigenvalue weighted by atomic mass is 35.5. The second-order valence-electron chi connectivity index (χ2n) is 11.6. The zero-order chi connectivity index (χ0) is 31.3. The normalized spacial score (nSPS) is 19.9. The van der Waals surface area contributed by atoms with E-state index in [0.29, 0.717) is 30.4 Å². The van der Waals surface area contributed by atoms with Crippen LogP contribution in [0.1, 0.15) is 35.7 Å². The van der Waals surface area contributed by atoms with Crippen molar-refractivity contribution >= 4 is 39.8 Å². The molecule has 1 saturated carbocycles. The Morgan fingerprint density at radius 3 is 2.53 bits per heavy atom. The lowest BCUT2D eigenvalue weighted by atomic mass is 10.1. The average Bonchev–Trinajstić information content (AvgIpc) is 3.72. The Balaban J connectivity index is 1.08. The van der Waals surface area contributed by atoms with Crippen LogP contribution in [0.25, 0.3) is 21.6 Å². The summed E-state index contributed by atoms with van der Waals surface area (Å²) in [6.07, 6.45) is 3.03. The number of nitrogens with two attached hydrogens (primary N) is 1. The lowest BCUT2D eigenvalue weighted by Gasteiger charge is -2.19. The monoisotopic (exact) mass is 649 g/mol. The second-order valence-corrected chi connectivity index (χ2v) is 12.8. The van der Waals surface area contributed by atoms with Gasteiger partial charge < -0.3 is 31.1 Å². The number of rotatable bonds is 13. The van der Waals surface area contributed by atoms with Crippen LogP contribution in [-0.2, 0) is 12.8 Å². The molecule has 1 aliphatic carbocycles. The van der Waals surface area contributed by atoms with Crippen molar-refractivity contribution in [3.05, 3.63) is 94.1 Å². The van der Waals surface area contributed by atoms with Gasteiger partial charge in [-0.15, -0.1) is 11.3 Å². The van der Waals surface area contributed by atoms with Crippen LogP contribution in [0.2, 0.25) is 5.28 Å². The Morgan fingerprint density at radius 1 is 0.956 bits per heavy atom. The molecule has 4 atom stereocenters. The first kappa shape index (κ1) is 31.5. The summed E-state index contributed by atoms with van der Waals surface area (Å²) in [5.74, 6) is -0.122. The molecule has 12 heteroatoms. The quantitative estimate of drug-likeness (QED) is 0.0922. The first-order valence-electron chi connectivity index (χ1n) is 15.2. The molecule has 6 N–H and O–H groups in total. The number of benzene rings is 2. The largest absolute Gasteiger partial charge is 0.390 e. The van der Waals surface area contributed by atoms with Gasteiger partial charge >= 0.3 is 0 Å². The fourth-order valence-electron chi connectivity index (χ4n) is 6.09. The summed E-state index contributed by atoms with van der Waals surface area (Å²) in [4.78, 5) is 13.6. The van der Waals surface area contributed by atoms with Crippen LogP contribution in [0.4, 0.5) is 10.2 Å². The zero-order valence-corrected chi connectivity index (χ0v) is 26.3. The summed E-state index contributed by atoms with van der Waals surface area (Å²) in [6, 6.07) is 16.3. The summed E-state index contributed by atoms with van der Waals surface area (Å²) in [6.45, 7) is 3.01. The van der Waals surface area contributed by atoms with E-state index >= 15 is 0 Å². The molecule has 1 fully saturated rings. The Morgan fingerprint density at radius 2 is 1.73 bits per heavy atom. The number of hydrogen-bond acceptors (Lipinski definition) is 9. The number of nitrogen functional groups attached to an aromatic ring is 1. The van der Waals surface area contributed by atoms with Gasteiger partial charge in [-0.1, -0.05) is 42.5 Å². The maximum absolute atomic E-state index is 13.1. The number of thiazole rings is 1. The van der Waals surface area contributed by atoms with Gasteiger partial charge in [0.25, 0.3) is 0 Å². The van der Waals surface area contributed by atoms with Gasteiger partial charge in [0, 0.05) is 36.0 Å². The number of hydrogen-bond donors (Lipinski definition) is 5. The minimum absolute atomic E-state index is 0.0207. The lowest BCUT2D eigenvalue weighted by molar-refractivity contribution is 0.00695. The van der Waals surface area contributed by atoms with Gasteiger partial charge in [-0.25, -0.2) is 14.4 Å². The van der Waals surface area contributed by atoms with E-state index in [9.17, 15) is 14.6 Å². The molecule has 3 aromatic heterocycles. The van der Waals surface area contributed by atoms with Crippen LogP contribution in [-0.4, -0.2) is 68.1 Å². The van der Waals surface area contributed by atoms with Gasteiger partial charge in [-0.05, 0) is 73.8 Å². The van der Waals surface area contributed by atoms with Crippen LogP contribution in [0.5, 0.6) is 0 Å². The molecule has 0 saturated heterocycles. The molecule has 0 unspecified atom stereocenters. The van der Waals surface area contributed by atoms with Crippen LogP contribution in [0.15, 0.2) is 66.2 Å². The molecule has 5 aromatic rings. The van der Waals surface area contributed by atoms with Gasteiger partial charge in [-0.2, -0.15) is 4.98 Å². The van der Waals surface area contributed by atoms with Crippen molar-refractivity contribution in [1.82, 2.24) is 30.2 Å². The van der Waals surface area contributed by atoms with Crippen molar-refractivity contribution < 1.29 is 14.6 Å². The molecule has 236 valence electrons. The average molecular weight is 650 g/mol. The molecular weight excluding hydrogens is 613 g/mol. The SMILES string of the molecule is Nc1nc(Cl)nc2c1c(-c1nc(Cc3ccccc3)cs1)cn2[C@@H]1C[C@H](CNCCCNCCc2ccc(F)cc2)[C@@H](O)[C@H]1O. The molecule has 9 nitrogen and oxygen atoms in total. The number of fused-ring (bicyclic) bond motifs is 1. The molecular formula is C33H37ClFN7O2S. The molecule has 1 aliphatic rings. The van der Waals surface area contributed by atoms with Crippen molar-refractivity contribution in [1.29, 1.82) is 0 Å². The minimum Gasteiger partial charge on any atom is -0.390 e. The molecule has 0 aliphatic heterocycles. The van der Waals surface area contributed by atoms with Gasteiger partial charge in [0.15, 0.2) is 0 Å². The van der Waals surface area contributed by atoms with E-state index < -0.39 is 18.2 Å². The van der Waals surface area contributed by atoms with E-state index in [1.807, 2.05) is 46.5 Å². The number of aliphatic hydroxyl groups excluding tert-OH is 2. The third-order valence-corrected chi connectivity index (χ3v) is 9.52. The molecule has 0 amide bonds. The highest BCUT2D eigenvalue weighted by molar-refractivity contribution is 7.13. The summed E-state index contributed by atoms with van der Waals surface area (Å²) >= 11 is 7.76. The van der Waals surface area contributed by atoms with E-state index in [2.05, 4.69) is 32.7 Å². The van der Waals surface area contributed by atoms with Crippen LogP contribution in [0.3, 0.4) is 0 Å². The molecule has 0 spiro atoms. The molecule has 45 heavy (non-hydrogen) atoms. The first-order chi connectivity index (χ1) is 21.9. The Bertz CT molecular complexity index is 1720. The standard InChI is InChI=1S/C33H37ClFN7O2S/c34-33-40-30(36)27-25(32-39-24(19-45-32)15-21-5-2-1-3-6-21)18-42(31(27)41-33)26-16-22(28(43)29(26)44)17-38-13-4-12-37-14-11-20-7-9-23(35)10-8-20/h1-3,5-10,18-19,22,26,28-29,37-38,43-44H,4,11-17H2,(H2,36,40,41)/t22-,26-,28-,29+/m1/s1. The maximum Gasteiger partial charge on any atom is 0.226 e. The summed E-state index contributed by atoms with van der Waals surface area (Å²) < 4.78 is 14.9. The van der Waals surface area contributed by atoms with E-state index in [1.165, 1.54) is 29.0 Å². The van der Waals surface area contributed by atoms with Crippen molar-refractivity contribution in [2.24, 2.45) is 5.92 Å². The number of halogens is 2. The van der Waals surface area contributed by atoms with Gasteiger partial charge in [0.05, 0.1) is 23.2 Å². The summed E-state index contributed by atoms with van der Waals surface area (Å²) in [5.41, 5.74) is 10.9. The number of nitrogens with zero attached hydrogens (tertiary/aromatic N) is 4. The molecule has 6 rings (SSSR count). The fourth-order valence-corrected chi connectivity index (χ4v) is 7.10. The van der Waals surface area contributed by atoms with E-state index in [4.69, 9.17) is 22.3 Å². The van der Waals surface area contributed by atoms with E-state index in [0.717, 1.165) is 54.3 Å².